The van der Waals surface area contributed by atoms with Crippen molar-refractivity contribution in [2.24, 2.45) is 0 Å². The van der Waals surface area contributed by atoms with E-state index < -0.39 is 0 Å². The summed E-state index contributed by atoms with van der Waals surface area (Å²) in [7, 11) is 0. The second kappa shape index (κ2) is 6.98. The van der Waals surface area contributed by atoms with Crippen molar-refractivity contribution in [3.05, 3.63) is 47.0 Å². The van der Waals surface area contributed by atoms with Gasteiger partial charge in [0.25, 0.3) is 5.91 Å². The van der Waals surface area contributed by atoms with Crippen LogP contribution >= 0.6 is 23.3 Å². The Morgan fingerprint density at radius 2 is 1.88 bits per heavy atom. The third-order valence-electron chi connectivity index (χ3n) is 3.73. The predicted octanol–water partition coefficient (Wildman–Crippen LogP) is 4.66. The van der Waals surface area contributed by atoms with Gasteiger partial charge in [-0.1, -0.05) is 44.5 Å². The summed E-state index contributed by atoms with van der Waals surface area (Å²) < 4.78 is 13.9. The smallest absolute Gasteiger partial charge is 0.262 e. The summed E-state index contributed by atoms with van der Waals surface area (Å²) in [6, 6.07) is 11.2. The van der Waals surface area contributed by atoms with Gasteiger partial charge in [-0.05, 0) is 35.2 Å². The van der Waals surface area contributed by atoms with Crippen molar-refractivity contribution in [3.63, 3.8) is 0 Å². The van der Waals surface area contributed by atoms with Gasteiger partial charge in [0.2, 0.25) is 0 Å². The van der Waals surface area contributed by atoms with Gasteiger partial charge >= 0.3 is 0 Å². The first-order valence-corrected chi connectivity index (χ1v) is 8.89. The van der Waals surface area contributed by atoms with E-state index in [1.54, 1.807) is 12.1 Å². The zero-order chi connectivity index (χ0) is 18.0. The molecule has 0 aliphatic rings. The van der Waals surface area contributed by atoms with Gasteiger partial charge in [0.15, 0.2) is 6.61 Å². The highest BCUT2D eigenvalue weighted by Crippen LogP contribution is 2.30. The summed E-state index contributed by atoms with van der Waals surface area (Å²) in [6.45, 7) is 6.33. The average Bonchev–Trinajstić information content (AvgIpc) is 3.04. The second-order valence-corrected chi connectivity index (χ2v) is 7.60. The van der Waals surface area contributed by atoms with Crippen LogP contribution in [0.25, 0.3) is 11.0 Å². The Morgan fingerprint density at radius 3 is 2.56 bits per heavy atom. The van der Waals surface area contributed by atoms with Gasteiger partial charge in [-0.3, -0.25) is 4.79 Å². The maximum atomic E-state index is 12.2. The van der Waals surface area contributed by atoms with Crippen molar-refractivity contribution in [1.82, 2.24) is 8.75 Å². The third-order valence-corrected chi connectivity index (χ3v) is 4.59. The maximum absolute atomic E-state index is 12.2. The fourth-order valence-corrected chi connectivity index (χ4v) is 3.06. The van der Waals surface area contributed by atoms with E-state index in [1.807, 2.05) is 24.3 Å². The molecule has 0 fully saturated rings. The number of halogens is 1. The summed E-state index contributed by atoms with van der Waals surface area (Å²) in [4.78, 5) is 12.2. The molecule has 1 amide bonds. The van der Waals surface area contributed by atoms with Crippen LogP contribution in [0.2, 0.25) is 5.02 Å². The first-order chi connectivity index (χ1) is 11.8. The lowest BCUT2D eigenvalue weighted by Gasteiger charge is -2.19. The molecule has 7 heteroatoms. The molecule has 0 unspecified atom stereocenters. The molecule has 1 aromatic heterocycles. The van der Waals surface area contributed by atoms with Crippen molar-refractivity contribution in [2.75, 3.05) is 11.9 Å². The van der Waals surface area contributed by atoms with Crippen LogP contribution in [0.4, 0.5) is 5.69 Å². The first kappa shape index (κ1) is 17.6. The number of ether oxygens (including phenoxy) is 1. The normalized spacial score (nSPS) is 11.5. The van der Waals surface area contributed by atoms with Gasteiger partial charge in [0.1, 0.15) is 16.8 Å². The zero-order valence-corrected chi connectivity index (χ0v) is 15.7. The molecule has 25 heavy (non-hydrogen) atoms. The minimum Gasteiger partial charge on any atom is -0.484 e. The molecule has 3 rings (SSSR count). The van der Waals surface area contributed by atoms with Gasteiger partial charge < -0.3 is 10.1 Å². The Bertz CT molecular complexity index is 901. The van der Waals surface area contributed by atoms with E-state index in [0.29, 0.717) is 27.5 Å². The SMILES string of the molecule is CC(C)(C)c1ccc(OCC(=O)Nc2c(Cl)ccc3nsnc23)cc1. The predicted molar refractivity (Wildman–Crippen MR) is 102 cm³/mol. The van der Waals surface area contributed by atoms with E-state index in [2.05, 4.69) is 34.8 Å². The number of hydrogen-bond donors (Lipinski definition) is 1. The number of nitrogens with one attached hydrogen (secondary N) is 1. The van der Waals surface area contributed by atoms with Gasteiger partial charge in [0, 0.05) is 0 Å². The molecule has 0 saturated carbocycles. The Labute approximate surface area is 155 Å². The van der Waals surface area contributed by atoms with Crippen molar-refractivity contribution >= 4 is 46.0 Å². The standard InChI is InChI=1S/C18H18ClN3O2S/c1-18(2,3)11-4-6-12(7-5-11)24-10-15(23)20-16-13(19)8-9-14-17(16)22-25-21-14/h4-9H,10H2,1-3H3,(H,20,23). The number of nitrogens with zero attached hydrogens (tertiary/aromatic N) is 2. The lowest BCUT2D eigenvalue weighted by atomic mass is 9.87. The average molecular weight is 376 g/mol. The summed E-state index contributed by atoms with van der Waals surface area (Å²) in [6.07, 6.45) is 0. The summed E-state index contributed by atoms with van der Waals surface area (Å²) in [5.41, 5.74) is 3.03. The van der Waals surface area contributed by atoms with E-state index in [4.69, 9.17) is 16.3 Å². The highest BCUT2D eigenvalue weighted by Gasteiger charge is 2.15. The summed E-state index contributed by atoms with van der Waals surface area (Å²) in [5, 5.41) is 3.17. The monoisotopic (exact) mass is 375 g/mol. The third kappa shape index (κ3) is 4.08. The topological polar surface area (TPSA) is 64.1 Å². The molecule has 0 aliphatic heterocycles. The number of anilines is 1. The van der Waals surface area contributed by atoms with Crippen LogP contribution in [0, 0.1) is 0 Å². The summed E-state index contributed by atoms with van der Waals surface area (Å²) in [5.74, 6) is 0.338. The molecule has 0 spiro atoms. The lowest BCUT2D eigenvalue weighted by Crippen LogP contribution is -2.20. The van der Waals surface area contributed by atoms with Crippen molar-refractivity contribution in [2.45, 2.75) is 26.2 Å². The van der Waals surface area contributed by atoms with E-state index in [1.165, 1.54) is 5.56 Å². The van der Waals surface area contributed by atoms with Crippen LogP contribution in [0.3, 0.4) is 0 Å². The maximum Gasteiger partial charge on any atom is 0.262 e. The molecule has 2 aromatic carbocycles. The molecule has 130 valence electrons. The molecule has 5 nitrogen and oxygen atoms in total. The first-order valence-electron chi connectivity index (χ1n) is 7.78. The number of fused-ring (bicyclic) bond motifs is 1. The lowest BCUT2D eigenvalue weighted by molar-refractivity contribution is -0.118. The molecule has 0 saturated heterocycles. The molecule has 0 radical (unpaired) electrons. The summed E-state index contributed by atoms with van der Waals surface area (Å²) >= 11 is 7.24. The molecule has 3 aromatic rings. The molecule has 0 bridgehead atoms. The zero-order valence-electron chi connectivity index (χ0n) is 14.2. The number of amides is 1. The molecule has 1 heterocycles. The Kier molecular flexibility index (Phi) is 4.92. The van der Waals surface area contributed by atoms with Crippen LogP contribution < -0.4 is 10.1 Å². The van der Waals surface area contributed by atoms with Gasteiger partial charge in [-0.2, -0.15) is 8.75 Å². The van der Waals surface area contributed by atoms with Gasteiger partial charge in [-0.15, -0.1) is 0 Å². The Hall–Kier alpha value is -2.18. The van der Waals surface area contributed by atoms with Gasteiger partial charge in [0.05, 0.1) is 22.4 Å². The van der Waals surface area contributed by atoms with E-state index >= 15 is 0 Å². The van der Waals surface area contributed by atoms with E-state index in [9.17, 15) is 4.79 Å². The fraction of sp³-hybridized carbons (Fsp3) is 0.278. The molecule has 1 N–H and O–H groups in total. The molecular formula is C18H18ClN3O2S. The number of aromatic nitrogens is 2. The van der Waals surface area contributed by atoms with Crippen LogP contribution in [-0.2, 0) is 10.2 Å². The van der Waals surface area contributed by atoms with Crippen LogP contribution in [0.1, 0.15) is 26.3 Å². The van der Waals surface area contributed by atoms with Crippen LogP contribution in [-0.4, -0.2) is 21.3 Å². The van der Waals surface area contributed by atoms with Gasteiger partial charge in [-0.25, -0.2) is 0 Å². The fourth-order valence-electron chi connectivity index (χ4n) is 2.32. The quantitative estimate of drug-likeness (QED) is 0.720. The van der Waals surface area contributed by atoms with Crippen molar-refractivity contribution < 1.29 is 9.53 Å². The molecule has 0 atom stereocenters. The molecule has 0 aliphatic carbocycles. The van der Waals surface area contributed by atoms with Crippen molar-refractivity contribution in [3.8, 4) is 5.75 Å². The van der Waals surface area contributed by atoms with Crippen LogP contribution in [0.15, 0.2) is 36.4 Å². The Morgan fingerprint density at radius 1 is 1.16 bits per heavy atom. The minimum absolute atomic E-state index is 0.0763. The van der Waals surface area contributed by atoms with Crippen molar-refractivity contribution in [1.29, 1.82) is 0 Å². The minimum atomic E-state index is -0.303. The largest absolute Gasteiger partial charge is 0.484 e. The highest BCUT2D eigenvalue weighted by atomic mass is 35.5. The second-order valence-electron chi connectivity index (χ2n) is 6.67. The number of hydrogen-bond acceptors (Lipinski definition) is 5. The highest BCUT2D eigenvalue weighted by molar-refractivity contribution is 7.00. The Balaban J connectivity index is 1.65. The molecular weight excluding hydrogens is 358 g/mol. The number of benzene rings is 2. The van der Waals surface area contributed by atoms with E-state index in [-0.39, 0.29) is 17.9 Å². The number of rotatable bonds is 4. The number of carbonyl (C=O) groups excluding carboxylic acids is 1. The number of carbonyl (C=O) groups is 1. The van der Waals surface area contributed by atoms with Crippen LogP contribution in [0.5, 0.6) is 5.75 Å². The van der Waals surface area contributed by atoms with E-state index in [0.717, 1.165) is 11.7 Å².